The Bertz CT molecular complexity index is 1780. The standard InChI is InChI=1S/C42H53N9O2/c1-48-39(31-50(46-48)25-9-23-43-27-35-11-5-3-6-12-35)33-52-41-19-15-37(16-20-41)29-45-30-38-17-21-42(22-18-38)53-34-40-32-51(47-49(40)2)26-10-24-44-28-36-13-7-4-8-14-36/h3-8,11-22,31-32,43-45H,9-10,23-30,33-34H2,1-2H3/q+2. The number of ether oxygens (including phenoxy) is 2. The minimum Gasteiger partial charge on any atom is -0.485 e. The number of aryl methyl sites for hydroxylation is 4. The van der Waals surface area contributed by atoms with Crippen molar-refractivity contribution >= 4 is 0 Å². The van der Waals surface area contributed by atoms with E-state index in [0.717, 1.165) is 88.1 Å². The third kappa shape index (κ3) is 12.4. The highest BCUT2D eigenvalue weighted by atomic mass is 16.5. The summed E-state index contributed by atoms with van der Waals surface area (Å²) < 4.78 is 19.9. The molecule has 0 aliphatic carbocycles. The van der Waals surface area contributed by atoms with Gasteiger partial charge < -0.3 is 25.4 Å². The highest BCUT2D eigenvalue weighted by Gasteiger charge is 2.14. The van der Waals surface area contributed by atoms with Crippen molar-refractivity contribution in [3.63, 3.8) is 0 Å². The predicted molar refractivity (Wildman–Crippen MR) is 204 cm³/mol. The molecule has 0 saturated heterocycles. The monoisotopic (exact) mass is 715 g/mol. The van der Waals surface area contributed by atoms with Crippen molar-refractivity contribution in [2.24, 2.45) is 14.1 Å². The van der Waals surface area contributed by atoms with E-state index in [-0.39, 0.29) is 0 Å². The molecule has 0 amide bonds. The van der Waals surface area contributed by atoms with Crippen LogP contribution < -0.4 is 34.8 Å². The number of rotatable bonds is 22. The van der Waals surface area contributed by atoms with Crippen LogP contribution in [-0.2, 0) is 66.6 Å². The maximum Gasteiger partial charge on any atom is 0.204 e. The zero-order valence-electron chi connectivity index (χ0n) is 31.0. The van der Waals surface area contributed by atoms with Gasteiger partial charge in [-0.1, -0.05) is 84.9 Å². The first-order valence-corrected chi connectivity index (χ1v) is 18.6. The van der Waals surface area contributed by atoms with E-state index in [1.807, 2.05) is 69.2 Å². The Balaban J connectivity index is 0.839. The van der Waals surface area contributed by atoms with Crippen LogP contribution in [0.1, 0.15) is 46.5 Å². The lowest BCUT2D eigenvalue weighted by Gasteiger charge is -2.08. The van der Waals surface area contributed by atoms with E-state index < -0.39 is 0 Å². The van der Waals surface area contributed by atoms with Crippen molar-refractivity contribution in [2.45, 2.75) is 65.3 Å². The summed E-state index contributed by atoms with van der Waals surface area (Å²) in [5.74, 6) is 1.69. The van der Waals surface area contributed by atoms with E-state index in [1.165, 1.54) is 22.3 Å². The van der Waals surface area contributed by atoms with Crippen molar-refractivity contribution in [3.8, 4) is 11.5 Å². The average Bonchev–Trinajstić information content (AvgIpc) is 3.74. The second-order valence-electron chi connectivity index (χ2n) is 13.3. The first kappa shape index (κ1) is 37.4. The zero-order chi connectivity index (χ0) is 36.5. The van der Waals surface area contributed by atoms with Crippen LogP contribution in [0.3, 0.4) is 0 Å². The third-order valence-corrected chi connectivity index (χ3v) is 9.03. The molecule has 276 valence electrons. The topological polar surface area (TPSA) is 97.9 Å². The highest BCUT2D eigenvalue weighted by molar-refractivity contribution is 5.29. The van der Waals surface area contributed by atoms with Gasteiger partial charge in [-0.2, -0.15) is 0 Å². The van der Waals surface area contributed by atoms with Crippen LogP contribution in [0.4, 0.5) is 0 Å². The van der Waals surface area contributed by atoms with Gasteiger partial charge in [0.05, 0.1) is 10.4 Å². The number of hydrogen-bond donors (Lipinski definition) is 3. The summed E-state index contributed by atoms with van der Waals surface area (Å²) in [7, 11) is 3.92. The van der Waals surface area contributed by atoms with Gasteiger partial charge in [-0.3, -0.25) is 0 Å². The molecule has 0 bridgehead atoms. The van der Waals surface area contributed by atoms with Gasteiger partial charge in [0.2, 0.25) is 11.4 Å². The Hall–Kier alpha value is -5.36. The van der Waals surface area contributed by atoms with Crippen LogP contribution in [0.25, 0.3) is 0 Å². The Morgan fingerprint density at radius 1 is 0.491 bits per heavy atom. The SMILES string of the molecule is Cn1n[n+](CCCNCc2ccccc2)cc1COc1ccc(CNCc2ccc(OCc3c[n+](CCCNCc4ccccc4)nn3C)cc2)cc1. The highest BCUT2D eigenvalue weighted by Crippen LogP contribution is 2.16. The summed E-state index contributed by atoms with van der Waals surface area (Å²) in [6.45, 7) is 7.84. The van der Waals surface area contributed by atoms with Crippen LogP contribution in [0.15, 0.2) is 122 Å². The van der Waals surface area contributed by atoms with Gasteiger partial charge in [-0.25, -0.2) is 0 Å². The van der Waals surface area contributed by atoms with Crippen LogP contribution in [0.2, 0.25) is 0 Å². The fourth-order valence-electron chi connectivity index (χ4n) is 5.96. The molecular weight excluding hydrogens is 663 g/mol. The molecule has 4 aromatic carbocycles. The minimum absolute atomic E-state index is 0.468. The molecule has 0 radical (unpaired) electrons. The van der Waals surface area contributed by atoms with E-state index in [4.69, 9.17) is 9.47 Å². The Kier molecular flexibility index (Phi) is 14.1. The second kappa shape index (κ2) is 20.0. The van der Waals surface area contributed by atoms with E-state index in [2.05, 4.69) is 112 Å². The summed E-state index contributed by atoms with van der Waals surface area (Å²) >= 11 is 0. The fraction of sp³-hybridized carbons (Fsp3) is 0.333. The van der Waals surface area contributed by atoms with Gasteiger partial charge in [0.1, 0.15) is 38.7 Å². The van der Waals surface area contributed by atoms with Gasteiger partial charge in [0.15, 0.2) is 25.6 Å². The van der Waals surface area contributed by atoms with E-state index in [9.17, 15) is 0 Å². The first-order chi connectivity index (χ1) is 26.1. The lowest BCUT2D eigenvalue weighted by Crippen LogP contribution is -2.37. The smallest absolute Gasteiger partial charge is 0.204 e. The molecule has 0 fully saturated rings. The van der Waals surface area contributed by atoms with Crippen molar-refractivity contribution in [1.82, 2.24) is 35.7 Å². The van der Waals surface area contributed by atoms with Gasteiger partial charge in [-0.05, 0) is 72.5 Å². The van der Waals surface area contributed by atoms with E-state index >= 15 is 0 Å². The largest absolute Gasteiger partial charge is 0.485 e. The Morgan fingerprint density at radius 3 is 1.28 bits per heavy atom. The minimum atomic E-state index is 0.468. The van der Waals surface area contributed by atoms with Crippen molar-refractivity contribution in [2.75, 3.05) is 13.1 Å². The van der Waals surface area contributed by atoms with Crippen LogP contribution in [0, 0.1) is 0 Å². The summed E-state index contributed by atoms with van der Waals surface area (Å²) in [5.41, 5.74) is 7.07. The van der Waals surface area contributed by atoms with Crippen molar-refractivity contribution in [3.05, 3.63) is 155 Å². The zero-order valence-corrected chi connectivity index (χ0v) is 31.0. The number of aromatic nitrogens is 6. The number of nitrogens with zero attached hydrogens (tertiary/aromatic N) is 6. The predicted octanol–water partition coefficient (Wildman–Crippen LogP) is 4.54. The lowest BCUT2D eigenvalue weighted by molar-refractivity contribution is -0.755. The van der Waals surface area contributed by atoms with E-state index in [0.29, 0.717) is 13.2 Å². The van der Waals surface area contributed by atoms with Gasteiger partial charge in [0.25, 0.3) is 0 Å². The molecule has 0 atom stereocenters. The summed E-state index contributed by atoms with van der Waals surface area (Å²) in [5, 5.41) is 19.8. The Labute approximate surface area is 313 Å². The van der Waals surface area contributed by atoms with Gasteiger partial charge in [-0.15, -0.1) is 18.7 Å². The molecule has 3 N–H and O–H groups in total. The summed E-state index contributed by atoms with van der Waals surface area (Å²) in [6, 6.07) is 37.5. The number of benzene rings is 4. The average molecular weight is 716 g/mol. The maximum absolute atomic E-state index is 6.08. The fourth-order valence-corrected chi connectivity index (χ4v) is 5.96. The molecule has 6 rings (SSSR count). The molecular formula is C42H53N9O2+2. The Morgan fingerprint density at radius 2 is 0.868 bits per heavy atom. The third-order valence-electron chi connectivity index (χ3n) is 9.03. The van der Waals surface area contributed by atoms with E-state index in [1.54, 1.807) is 0 Å². The molecule has 53 heavy (non-hydrogen) atoms. The normalized spacial score (nSPS) is 11.2. The molecule has 0 spiro atoms. The lowest BCUT2D eigenvalue weighted by atomic mass is 10.2. The van der Waals surface area contributed by atoms with Crippen LogP contribution in [-0.4, -0.2) is 32.9 Å². The number of nitrogens with one attached hydrogen (secondary N) is 3. The molecule has 0 aliphatic heterocycles. The van der Waals surface area contributed by atoms with Crippen LogP contribution >= 0.6 is 0 Å². The first-order valence-electron chi connectivity index (χ1n) is 18.6. The molecule has 11 nitrogen and oxygen atoms in total. The van der Waals surface area contributed by atoms with Crippen molar-refractivity contribution < 1.29 is 18.8 Å². The van der Waals surface area contributed by atoms with Crippen LogP contribution in [0.5, 0.6) is 11.5 Å². The summed E-state index contributed by atoms with van der Waals surface area (Å²) in [4.78, 5) is 0. The molecule has 11 heteroatoms. The second-order valence-corrected chi connectivity index (χ2v) is 13.3. The summed E-state index contributed by atoms with van der Waals surface area (Å²) in [6.07, 6.45) is 6.15. The maximum atomic E-state index is 6.08. The van der Waals surface area contributed by atoms with Crippen molar-refractivity contribution in [1.29, 1.82) is 0 Å². The molecule has 0 unspecified atom stereocenters. The van der Waals surface area contributed by atoms with Gasteiger partial charge in [0, 0.05) is 26.2 Å². The molecule has 0 saturated carbocycles. The number of hydrogen-bond acceptors (Lipinski definition) is 7. The quantitative estimate of drug-likeness (QED) is 0.0702. The molecule has 0 aliphatic rings. The molecule has 2 aromatic heterocycles. The molecule has 2 heterocycles. The molecule has 6 aromatic rings. The van der Waals surface area contributed by atoms with Gasteiger partial charge >= 0.3 is 0 Å².